The van der Waals surface area contributed by atoms with Crippen LogP contribution in [0.4, 0.5) is 5.69 Å². The number of sulfonamides is 1. The minimum absolute atomic E-state index is 0.167. The minimum atomic E-state index is -3.84. The number of benzene rings is 2. The molecule has 5 nitrogen and oxygen atoms in total. The molecule has 26 heavy (non-hydrogen) atoms. The standard InChI is InChI=1S/C20H26N2O3S/c1-4-5-11-21-20(23)15-22(18-13-16(2)12-17(3)14-18)26(24,25)19-9-7-6-8-10-19/h6-10,12-14H,4-5,11,15H2,1-3H3,(H,21,23). The normalized spacial score (nSPS) is 11.2. The summed E-state index contributed by atoms with van der Waals surface area (Å²) in [5.41, 5.74) is 2.39. The third-order valence-electron chi connectivity index (χ3n) is 3.97. The van der Waals surface area contributed by atoms with Crippen molar-refractivity contribution in [3.8, 4) is 0 Å². The van der Waals surface area contributed by atoms with Crippen molar-refractivity contribution >= 4 is 21.6 Å². The number of hydrogen-bond donors (Lipinski definition) is 1. The summed E-state index contributed by atoms with van der Waals surface area (Å²) in [4.78, 5) is 12.5. The number of carbonyl (C=O) groups excluding carboxylic acids is 1. The predicted octanol–water partition coefficient (Wildman–Crippen LogP) is 3.42. The maximum atomic E-state index is 13.2. The molecule has 2 rings (SSSR count). The van der Waals surface area contributed by atoms with Crippen molar-refractivity contribution in [2.75, 3.05) is 17.4 Å². The van der Waals surface area contributed by atoms with Crippen molar-refractivity contribution in [3.63, 3.8) is 0 Å². The van der Waals surface area contributed by atoms with Crippen LogP contribution in [-0.2, 0) is 14.8 Å². The smallest absolute Gasteiger partial charge is 0.264 e. The van der Waals surface area contributed by atoms with Gasteiger partial charge in [0.25, 0.3) is 10.0 Å². The highest BCUT2D eigenvalue weighted by molar-refractivity contribution is 7.92. The van der Waals surface area contributed by atoms with E-state index in [-0.39, 0.29) is 17.3 Å². The summed E-state index contributed by atoms with van der Waals surface area (Å²) in [6, 6.07) is 13.7. The molecule has 1 amide bonds. The molecule has 1 N–H and O–H groups in total. The van der Waals surface area contributed by atoms with Crippen LogP contribution in [0.5, 0.6) is 0 Å². The third-order valence-corrected chi connectivity index (χ3v) is 5.75. The summed E-state index contributed by atoms with van der Waals surface area (Å²) in [6.07, 6.45) is 1.82. The molecule has 0 aliphatic heterocycles. The Morgan fingerprint density at radius 2 is 1.65 bits per heavy atom. The number of aryl methyl sites for hydroxylation is 2. The molecule has 6 heteroatoms. The van der Waals surface area contributed by atoms with Gasteiger partial charge in [-0.15, -0.1) is 0 Å². The zero-order valence-corrected chi connectivity index (χ0v) is 16.3. The van der Waals surface area contributed by atoms with Gasteiger partial charge in [0.2, 0.25) is 5.91 Å². The number of carbonyl (C=O) groups is 1. The van der Waals surface area contributed by atoms with E-state index in [2.05, 4.69) is 5.32 Å². The lowest BCUT2D eigenvalue weighted by molar-refractivity contribution is -0.119. The molecule has 0 aromatic heterocycles. The molecule has 0 unspecified atom stereocenters. The summed E-state index contributed by atoms with van der Waals surface area (Å²) in [5, 5.41) is 2.79. The molecule has 0 spiro atoms. The molecule has 0 radical (unpaired) electrons. The van der Waals surface area contributed by atoms with Gasteiger partial charge in [-0.2, -0.15) is 0 Å². The number of amides is 1. The van der Waals surface area contributed by atoms with Crippen molar-refractivity contribution in [3.05, 3.63) is 59.7 Å². The number of unbranched alkanes of at least 4 members (excludes halogenated alkanes) is 1. The van der Waals surface area contributed by atoms with Gasteiger partial charge >= 0.3 is 0 Å². The Morgan fingerprint density at radius 3 is 2.23 bits per heavy atom. The topological polar surface area (TPSA) is 66.5 Å². The number of anilines is 1. The molecule has 0 bridgehead atoms. The van der Waals surface area contributed by atoms with Gasteiger partial charge in [0.15, 0.2) is 0 Å². The van der Waals surface area contributed by atoms with Crippen LogP contribution in [0.25, 0.3) is 0 Å². The number of nitrogens with one attached hydrogen (secondary N) is 1. The molecule has 0 saturated heterocycles. The quantitative estimate of drug-likeness (QED) is 0.720. The monoisotopic (exact) mass is 374 g/mol. The van der Waals surface area contributed by atoms with Gasteiger partial charge in [0, 0.05) is 6.54 Å². The first-order chi connectivity index (χ1) is 12.3. The van der Waals surface area contributed by atoms with Gasteiger partial charge in [-0.05, 0) is 55.7 Å². The molecule has 0 saturated carbocycles. The summed E-state index contributed by atoms with van der Waals surface area (Å²) >= 11 is 0. The van der Waals surface area contributed by atoms with Gasteiger partial charge < -0.3 is 5.32 Å². The number of hydrogen-bond acceptors (Lipinski definition) is 3. The lowest BCUT2D eigenvalue weighted by atomic mass is 10.1. The van der Waals surface area contributed by atoms with Crippen molar-refractivity contribution in [2.24, 2.45) is 0 Å². The molecular weight excluding hydrogens is 348 g/mol. The highest BCUT2D eigenvalue weighted by Gasteiger charge is 2.27. The average molecular weight is 375 g/mol. The van der Waals surface area contributed by atoms with Gasteiger partial charge in [-0.25, -0.2) is 8.42 Å². The summed E-state index contributed by atoms with van der Waals surface area (Å²) < 4.78 is 27.5. The Bertz CT molecular complexity index is 828. The molecule has 0 aliphatic rings. The minimum Gasteiger partial charge on any atom is -0.355 e. The van der Waals surface area contributed by atoms with E-state index in [0.717, 1.165) is 24.0 Å². The van der Waals surface area contributed by atoms with Gasteiger partial charge in [-0.1, -0.05) is 37.6 Å². The summed E-state index contributed by atoms with van der Waals surface area (Å²) in [6.45, 7) is 6.15. The van der Waals surface area contributed by atoms with Crippen LogP contribution in [0.3, 0.4) is 0 Å². The van der Waals surface area contributed by atoms with Gasteiger partial charge in [-0.3, -0.25) is 9.10 Å². The molecule has 2 aromatic carbocycles. The second-order valence-electron chi connectivity index (χ2n) is 6.37. The predicted molar refractivity (Wildman–Crippen MR) is 105 cm³/mol. The summed E-state index contributed by atoms with van der Waals surface area (Å²) in [7, 11) is -3.84. The van der Waals surface area contributed by atoms with Crippen LogP contribution in [0.15, 0.2) is 53.4 Å². The molecule has 0 fully saturated rings. The molecule has 140 valence electrons. The molecular formula is C20H26N2O3S. The lowest BCUT2D eigenvalue weighted by Crippen LogP contribution is -2.41. The van der Waals surface area contributed by atoms with E-state index in [1.165, 1.54) is 4.31 Å². The van der Waals surface area contributed by atoms with Crippen molar-refractivity contribution in [1.82, 2.24) is 5.32 Å². The first kappa shape index (κ1) is 20.0. The van der Waals surface area contributed by atoms with Crippen LogP contribution in [0.1, 0.15) is 30.9 Å². The van der Waals surface area contributed by atoms with E-state index in [1.54, 1.807) is 42.5 Å². The fourth-order valence-corrected chi connectivity index (χ4v) is 4.15. The van der Waals surface area contributed by atoms with Crippen molar-refractivity contribution in [1.29, 1.82) is 0 Å². The molecule has 0 aliphatic carbocycles. The zero-order valence-electron chi connectivity index (χ0n) is 15.5. The fourth-order valence-electron chi connectivity index (χ4n) is 2.72. The van der Waals surface area contributed by atoms with E-state index >= 15 is 0 Å². The second kappa shape index (κ2) is 8.85. The SMILES string of the molecule is CCCCNC(=O)CN(c1cc(C)cc(C)c1)S(=O)(=O)c1ccccc1. The van der Waals surface area contributed by atoms with E-state index in [4.69, 9.17) is 0 Å². The van der Waals surface area contributed by atoms with Gasteiger partial charge in [0.1, 0.15) is 6.54 Å². The third kappa shape index (κ3) is 5.08. The largest absolute Gasteiger partial charge is 0.355 e. The van der Waals surface area contributed by atoms with E-state index < -0.39 is 10.0 Å². The van der Waals surface area contributed by atoms with Gasteiger partial charge in [0.05, 0.1) is 10.6 Å². The van der Waals surface area contributed by atoms with Crippen molar-refractivity contribution < 1.29 is 13.2 Å². The highest BCUT2D eigenvalue weighted by Crippen LogP contribution is 2.25. The zero-order chi connectivity index (χ0) is 19.2. The van der Waals surface area contributed by atoms with Crippen LogP contribution in [-0.4, -0.2) is 27.4 Å². The van der Waals surface area contributed by atoms with Crippen LogP contribution in [0, 0.1) is 13.8 Å². The average Bonchev–Trinajstić information content (AvgIpc) is 2.59. The first-order valence-electron chi connectivity index (χ1n) is 8.77. The molecule has 2 aromatic rings. The Kier molecular flexibility index (Phi) is 6.80. The Morgan fingerprint density at radius 1 is 1.04 bits per heavy atom. The molecule has 0 atom stereocenters. The van der Waals surface area contributed by atoms with E-state index in [1.807, 2.05) is 26.8 Å². The lowest BCUT2D eigenvalue weighted by Gasteiger charge is -2.25. The fraction of sp³-hybridized carbons (Fsp3) is 0.350. The highest BCUT2D eigenvalue weighted by atomic mass is 32.2. The Labute approximate surface area is 156 Å². The Balaban J connectivity index is 2.40. The number of rotatable bonds is 8. The maximum absolute atomic E-state index is 13.2. The maximum Gasteiger partial charge on any atom is 0.264 e. The molecule has 0 heterocycles. The van der Waals surface area contributed by atoms with E-state index in [9.17, 15) is 13.2 Å². The van der Waals surface area contributed by atoms with Crippen LogP contribution in [0.2, 0.25) is 0 Å². The number of nitrogens with zero attached hydrogens (tertiary/aromatic N) is 1. The second-order valence-corrected chi connectivity index (χ2v) is 8.24. The first-order valence-corrected chi connectivity index (χ1v) is 10.2. The van der Waals surface area contributed by atoms with Crippen molar-refractivity contribution in [2.45, 2.75) is 38.5 Å². The van der Waals surface area contributed by atoms with E-state index in [0.29, 0.717) is 12.2 Å². The Hall–Kier alpha value is -2.34. The van der Waals surface area contributed by atoms with Crippen LogP contribution < -0.4 is 9.62 Å². The summed E-state index contributed by atoms with van der Waals surface area (Å²) in [5.74, 6) is -0.308. The van der Waals surface area contributed by atoms with Crippen LogP contribution >= 0.6 is 0 Å².